The first-order chi connectivity index (χ1) is 11.2. The molecular formula is C21H24FN. The summed E-state index contributed by atoms with van der Waals surface area (Å²) in [6, 6.07) is 13.9. The summed E-state index contributed by atoms with van der Waals surface area (Å²) in [6.45, 7) is 6.12. The number of aryl methyl sites for hydroxylation is 1. The molecule has 1 aliphatic carbocycles. The number of fused-ring (bicyclic) bond motifs is 1. The zero-order valence-electron chi connectivity index (χ0n) is 14.1. The van der Waals surface area contributed by atoms with Crippen LogP contribution in [0.5, 0.6) is 0 Å². The number of nitrogens with one attached hydrogen (secondary N) is 1. The molecule has 0 radical (unpaired) electrons. The Labute approximate surface area is 137 Å². The first-order valence-corrected chi connectivity index (χ1v) is 8.53. The summed E-state index contributed by atoms with van der Waals surface area (Å²) in [5.41, 5.74) is 4.97. The topological polar surface area (TPSA) is 15.8 Å². The second-order valence-electron chi connectivity index (χ2n) is 6.19. The van der Waals surface area contributed by atoms with Gasteiger partial charge in [0, 0.05) is 22.5 Å². The van der Waals surface area contributed by atoms with Gasteiger partial charge in [0.1, 0.15) is 5.82 Å². The summed E-state index contributed by atoms with van der Waals surface area (Å²) in [5.74, 6) is -0.186. The van der Waals surface area contributed by atoms with Crippen molar-refractivity contribution in [2.24, 2.45) is 0 Å². The van der Waals surface area contributed by atoms with Gasteiger partial charge in [-0.2, -0.15) is 0 Å². The van der Waals surface area contributed by atoms with Gasteiger partial charge in [0.2, 0.25) is 0 Å². The molecule has 0 aliphatic heterocycles. The fourth-order valence-corrected chi connectivity index (χ4v) is 3.61. The van der Waals surface area contributed by atoms with Crippen molar-refractivity contribution in [3.8, 4) is 0 Å². The molecule has 2 heteroatoms. The van der Waals surface area contributed by atoms with Crippen LogP contribution in [0, 0.1) is 12.7 Å². The van der Waals surface area contributed by atoms with Crippen molar-refractivity contribution in [1.29, 1.82) is 0 Å². The van der Waals surface area contributed by atoms with Gasteiger partial charge in [0.25, 0.3) is 0 Å². The minimum atomic E-state index is -0.186. The molecule has 23 heavy (non-hydrogen) atoms. The molecule has 0 bridgehead atoms. The maximum Gasteiger partial charge on any atom is 0.125 e. The van der Waals surface area contributed by atoms with Gasteiger partial charge in [-0.25, -0.2) is 4.39 Å². The van der Waals surface area contributed by atoms with Crippen LogP contribution in [0.15, 0.2) is 48.7 Å². The van der Waals surface area contributed by atoms with Crippen molar-refractivity contribution < 1.29 is 4.39 Å². The van der Waals surface area contributed by atoms with Gasteiger partial charge in [-0.3, -0.25) is 0 Å². The third-order valence-corrected chi connectivity index (χ3v) is 4.97. The van der Waals surface area contributed by atoms with Crippen LogP contribution in [0.25, 0.3) is 10.9 Å². The lowest BCUT2D eigenvalue weighted by Gasteiger charge is -2.42. The summed E-state index contributed by atoms with van der Waals surface area (Å²) in [5, 5.41) is 1.15. The van der Waals surface area contributed by atoms with E-state index in [9.17, 15) is 4.39 Å². The lowest BCUT2D eigenvalue weighted by Crippen LogP contribution is -2.35. The highest BCUT2D eigenvalue weighted by atomic mass is 19.1. The molecule has 0 atom stereocenters. The van der Waals surface area contributed by atoms with Crippen LogP contribution in [0.2, 0.25) is 0 Å². The maximum atomic E-state index is 13.4. The molecule has 0 unspecified atom stereocenters. The molecule has 3 aromatic rings. The van der Waals surface area contributed by atoms with Gasteiger partial charge in [-0.1, -0.05) is 50.1 Å². The first kappa shape index (κ1) is 15.8. The normalized spacial score (nSPS) is 15.7. The largest absolute Gasteiger partial charge is 0.361 e. The number of hydrogen-bond donors (Lipinski definition) is 1. The zero-order chi connectivity index (χ0) is 16.4. The zero-order valence-corrected chi connectivity index (χ0v) is 14.1. The Bertz CT molecular complexity index is 794. The fourth-order valence-electron chi connectivity index (χ4n) is 3.61. The Morgan fingerprint density at radius 2 is 1.70 bits per heavy atom. The van der Waals surface area contributed by atoms with Crippen molar-refractivity contribution in [2.75, 3.05) is 0 Å². The number of hydrogen-bond acceptors (Lipinski definition) is 0. The highest BCUT2D eigenvalue weighted by Gasteiger charge is 2.41. The van der Waals surface area contributed by atoms with E-state index >= 15 is 0 Å². The van der Waals surface area contributed by atoms with Gasteiger partial charge < -0.3 is 4.98 Å². The Kier molecular flexibility index (Phi) is 4.25. The van der Waals surface area contributed by atoms with E-state index in [0.29, 0.717) is 0 Å². The van der Waals surface area contributed by atoms with E-state index in [-0.39, 0.29) is 11.2 Å². The third kappa shape index (κ3) is 2.56. The van der Waals surface area contributed by atoms with Crippen LogP contribution in [0.1, 0.15) is 49.8 Å². The fraction of sp³-hybridized carbons (Fsp3) is 0.333. The Hall–Kier alpha value is -2.09. The predicted molar refractivity (Wildman–Crippen MR) is 95.4 cm³/mol. The van der Waals surface area contributed by atoms with Crippen LogP contribution in [0.3, 0.4) is 0 Å². The third-order valence-electron chi connectivity index (χ3n) is 4.97. The number of benzene rings is 2. The maximum absolute atomic E-state index is 13.4. The molecule has 2 aromatic carbocycles. The number of aromatic nitrogens is 1. The molecule has 0 amide bonds. The summed E-state index contributed by atoms with van der Waals surface area (Å²) in [7, 11) is 0. The number of halogens is 1. The second kappa shape index (κ2) is 6.19. The van der Waals surface area contributed by atoms with E-state index in [0.717, 1.165) is 10.9 Å². The minimum Gasteiger partial charge on any atom is -0.361 e. The van der Waals surface area contributed by atoms with E-state index in [1.165, 1.54) is 36.0 Å². The molecule has 0 spiro atoms. The minimum absolute atomic E-state index is 0.101. The van der Waals surface area contributed by atoms with E-state index < -0.39 is 0 Å². The predicted octanol–water partition coefficient (Wildman–Crippen LogP) is 6.11. The Morgan fingerprint density at radius 3 is 2.30 bits per heavy atom. The molecular weight excluding hydrogens is 285 g/mol. The molecule has 1 fully saturated rings. The average molecular weight is 309 g/mol. The smallest absolute Gasteiger partial charge is 0.125 e. The highest BCUT2D eigenvalue weighted by molar-refractivity contribution is 5.85. The van der Waals surface area contributed by atoms with E-state index in [4.69, 9.17) is 0 Å². The number of H-pyrrole nitrogens is 1. The molecule has 1 aromatic heterocycles. The van der Waals surface area contributed by atoms with E-state index in [2.05, 4.69) is 42.4 Å². The Balaban J connectivity index is 0.000000753. The molecule has 1 aliphatic rings. The van der Waals surface area contributed by atoms with Crippen molar-refractivity contribution in [3.63, 3.8) is 0 Å². The van der Waals surface area contributed by atoms with Crippen molar-refractivity contribution in [1.82, 2.24) is 4.98 Å². The Morgan fingerprint density at radius 1 is 1.00 bits per heavy atom. The second-order valence-corrected chi connectivity index (χ2v) is 6.19. The summed E-state index contributed by atoms with van der Waals surface area (Å²) < 4.78 is 13.4. The molecule has 1 saturated carbocycles. The van der Waals surface area contributed by atoms with Crippen LogP contribution >= 0.6 is 0 Å². The van der Waals surface area contributed by atoms with Gasteiger partial charge in [-0.15, -0.1) is 0 Å². The monoisotopic (exact) mass is 309 g/mol. The summed E-state index contributed by atoms with van der Waals surface area (Å²) >= 11 is 0. The molecule has 1 heterocycles. The quantitative estimate of drug-likeness (QED) is 0.587. The molecule has 1 nitrogen and oxygen atoms in total. The van der Waals surface area contributed by atoms with E-state index in [1.54, 1.807) is 12.1 Å². The van der Waals surface area contributed by atoms with Crippen LogP contribution < -0.4 is 0 Å². The summed E-state index contributed by atoms with van der Waals surface area (Å²) in [6.07, 6.45) is 5.66. The molecule has 4 rings (SSSR count). The summed E-state index contributed by atoms with van der Waals surface area (Å²) in [4.78, 5) is 3.24. The van der Waals surface area contributed by atoms with Gasteiger partial charge in [0.05, 0.1) is 0 Å². The van der Waals surface area contributed by atoms with Gasteiger partial charge >= 0.3 is 0 Å². The van der Waals surface area contributed by atoms with Crippen LogP contribution in [-0.2, 0) is 5.41 Å². The highest BCUT2D eigenvalue weighted by Crippen LogP contribution is 2.50. The standard InChI is InChI=1S/C19H18FN.C2H6/c1-13-3-5-14(6-4-13)19(9-2-10-19)17-12-21-18-11-15(20)7-8-16(17)18;1-2/h3-8,11-12,21H,2,9-10H2,1H3;1-2H3. The average Bonchev–Trinajstić information content (AvgIpc) is 2.93. The van der Waals surface area contributed by atoms with Crippen molar-refractivity contribution in [2.45, 2.75) is 45.4 Å². The van der Waals surface area contributed by atoms with Crippen LogP contribution in [-0.4, -0.2) is 4.98 Å². The van der Waals surface area contributed by atoms with Crippen molar-refractivity contribution >= 4 is 10.9 Å². The first-order valence-electron chi connectivity index (χ1n) is 8.53. The van der Waals surface area contributed by atoms with Crippen molar-refractivity contribution in [3.05, 3.63) is 71.2 Å². The lowest BCUT2D eigenvalue weighted by molar-refractivity contribution is 0.304. The molecule has 1 N–H and O–H groups in total. The number of rotatable bonds is 2. The van der Waals surface area contributed by atoms with Gasteiger partial charge in [-0.05, 0) is 49.1 Å². The molecule has 0 saturated heterocycles. The molecule has 120 valence electrons. The number of aromatic amines is 1. The van der Waals surface area contributed by atoms with Gasteiger partial charge in [0.15, 0.2) is 0 Å². The van der Waals surface area contributed by atoms with Crippen LogP contribution in [0.4, 0.5) is 4.39 Å². The lowest BCUT2D eigenvalue weighted by atomic mass is 9.60. The SMILES string of the molecule is CC.Cc1ccc(C2(c3c[nH]c4cc(F)ccc34)CCC2)cc1. The van der Waals surface area contributed by atoms with E-state index in [1.807, 2.05) is 19.9 Å².